The summed E-state index contributed by atoms with van der Waals surface area (Å²) in [5.74, 6) is 0.981. The summed E-state index contributed by atoms with van der Waals surface area (Å²) in [5, 5.41) is 10.3. The lowest BCUT2D eigenvalue weighted by Crippen LogP contribution is -2.43. The second kappa shape index (κ2) is 2.60. The molecule has 4 rings (SSSR count). The van der Waals surface area contributed by atoms with Crippen LogP contribution in [0.3, 0.4) is 0 Å². The molecule has 1 aromatic rings. The molecule has 1 N–H and O–H groups in total. The molecule has 0 spiro atoms. The second-order valence-corrected chi connectivity index (χ2v) is 5.02. The van der Waals surface area contributed by atoms with Gasteiger partial charge in [0, 0.05) is 5.92 Å². The van der Waals surface area contributed by atoms with E-state index in [9.17, 15) is 5.11 Å². The van der Waals surface area contributed by atoms with Crippen molar-refractivity contribution in [1.29, 1.82) is 0 Å². The normalized spacial score (nSPS) is 39.6. The van der Waals surface area contributed by atoms with Gasteiger partial charge in [0.25, 0.3) is 0 Å². The topological polar surface area (TPSA) is 20.2 Å². The van der Waals surface area contributed by atoms with E-state index in [0.717, 1.165) is 12.8 Å². The maximum atomic E-state index is 10.3. The molecule has 3 aliphatic rings. The van der Waals surface area contributed by atoms with Crippen molar-refractivity contribution in [1.82, 2.24) is 0 Å². The SMILES string of the molecule is CC1(O)CC2CCC1c1ccccc12. The molecule has 1 saturated carbocycles. The van der Waals surface area contributed by atoms with E-state index in [1.807, 2.05) is 6.92 Å². The summed E-state index contributed by atoms with van der Waals surface area (Å²) >= 11 is 0. The molecule has 1 aromatic carbocycles. The van der Waals surface area contributed by atoms with Gasteiger partial charge in [-0.1, -0.05) is 24.3 Å². The molecule has 74 valence electrons. The van der Waals surface area contributed by atoms with Gasteiger partial charge in [0.2, 0.25) is 0 Å². The molecule has 14 heavy (non-hydrogen) atoms. The van der Waals surface area contributed by atoms with Gasteiger partial charge in [-0.3, -0.25) is 0 Å². The van der Waals surface area contributed by atoms with Crippen LogP contribution >= 0.6 is 0 Å². The standard InChI is InChI=1S/C13H16O/c1-13(14)8-9-6-7-12(13)11-5-3-2-4-10(9)11/h2-5,9,12,14H,6-8H2,1H3. The summed E-state index contributed by atoms with van der Waals surface area (Å²) in [4.78, 5) is 0. The first kappa shape index (κ1) is 8.49. The van der Waals surface area contributed by atoms with Crippen molar-refractivity contribution in [2.75, 3.05) is 0 Å². The van der Waals surface area contributed by atoms with E-state index in [-0.39, 0.29) is 0 Å². The Bertz CT molecular complexity index is 367. The molecule has 0 saturated heterocycles. The highest BCUT2D eigenvalue weighted by Gasteiger charge is 2.45. The third-order valence-corrected chi connectivity index (χ3v) is 4.03. The van der Waals surface area contributed by atoms with Gasteiger partial charge in [-0.25, -0.2) is 0 Å². The molecule has 1 fully saturated rings. The van der Waals surface area contributed by atoms with Crippen molar-refractivity contribution < 1.29 is 5.11 Å². The van der Waals surface area contributed by atoms with Gasteiger partial charge in [-0.2, -0.15) is 0 Å². The first-order chi connectivity index (χ1) is 6.68. The lowest BCUT2D eigenvalue weighted by molar-refractivity contribution is -0.0168. The van der Waals surface area contributed by atoms with Gasteiger partial charge >= 0.3 is 0 Å². The minimum Gasteiger partial charge on any atom is -0.390 e. The maximum absolute atomic E-state index is 10.3. The minimum absolute atomic E-state index is 0.378. The summed E-state index contributed by atoms with van der Waals surface area (Å²) in [6.45, 7) is 2.00. The van der Waals surface area contributed by atoms with Crippen LogP contribution in [0.2, 0.25) is 0 Å². The van der Waals surface area contributed by atoms with E-state index in [1.54, 1.807) is 0 Å². The molecule has 0 aromatic heterocycles. The third-order valence-electron chi connectivity index (χ3n) is 4.03. The molecule has 0 amide bonds. The van der Waals surface area contributed by atoms with E-state index in [1.165, 1.54) is 17.5 Å². The van der Waals surface area contributed by atoms with Gasteiger partial charge < -0.3 is 5.11 Å². The summed E-state index contributed by atoms with van der Waals surface area (Å²) in [6.07, 6.45) is 3.38. The predicted molar refractivity (Wildman–Crippen MR) is 56.4 cm³/mol. The van der Waals surface area contributed by atoms with Gasteiger partial charge in [-0.05, 0) is 43.2 Å². The number of aliphatic hydroxyl groups is 1. The van der Waals surface area contributed by atoms with Crippen LogP contribution in [0.15, 0.2) is 24.3 Å². The highest BCUT2D eigenvalue weighted by atomic mass is 16.3. The highest BCUT2D eigenvalue weighted by molar-refractivity contribution is 5.40. The maximum Gasteiger partial charge on any atom is 0.0693 e. The van der Waals surface area contributed by atoms with Crippen molar-refractivity contribution >= 4 is 0 Å². The van der Waals surface area contributed by atoms with E-state index in [2.05, 4.69) is 24.3 Å². The zero-order valence-electron chi connectivity index (χ0n) is 8.53. The minimum atomic E-state index is -0.461. The Morgan fingerprint density at radius 3 is 2.64 bits per heavy atom. The highest BCUT2D eigenvalue weighted by Crippen LogP contribution is 2.53. The fraction of sp³-hybridized carbons (Fsp3) is 0.538. The van der Waals surface area contributed by atoms with Crippen LogP contribution < -0.4 is 0 Å². The molecule has 3 aliphatic carbocycles. The molecule has 3 unspecified atom stereocenters. The summed E-state index contributed by atoms with van der Waals surface area (Å²) in [5.41, 5.74) is 2.44. The van der Waals surface area contributed by atoms with Crippen LogP contribution in [0.1, 0.15) is 49.1 Å². The molecule has 0 aliphatic heterocycles. The smallest absolute Gasteiger partial charge is 0.0693 e. The Labute approximate surface area is 84.8 Å². The summed E-state index contributed by atoms with van der Waals surface area (Å²) in [7, 11) is 0. The van der Waals surface area contributed by atoms with Crippen LogP contribution in [0, 0.1) is 0 Å². The fourth-order valence-electron chi connectivity index (χ4n) is 3.38. The third kappa shape index (κ3) is 0.992. The van der Waals surface area contributed by atoms with Crippen molar-refractivity contribution in [2.24, 2.45) is 0 Å². The molecule has 2 bridgehead atoms. The predicted octanol–water partition coefficient (Wildman–Crippen LogP) is 2.80. The molecule has 0 radical (unpaired) electrons. The zero-order valence-corrected chi connectivity index (χ0v) is 8.53. The van der Waals surface area contributed by atoms with Crippen LogP contribution in [-0.4, -0.2) is 10.7 Å². The number of hydrogen-bond acceptors (Lipinski definition) is 1. The van der Waals surface area contributed by atoms with Gasteiger partial charge in [0.05, 0.1) is 5.60 Å². The summed E-state index contributed by atoms with van der Waals surface area (Å²) in [6, 6.07) is 8.64. The Kier molecular flexibility index (Phi) is 1.58. The Balaban J connectivity index is 2.18. The Hall–Kier alpha value is -0.820. The van der Waals surface area contributed by atoms with E-state index < -0.39 is 5.60 Å². The van der Waals surface area contributed by atoms with Crippen LogP contribution in [0.5, 0.6) is 0 Å². The number of rotatable bonds is 0. The molecule has 1 nitrogen and oxygen atoms in total. The van der Waals surface area contributed by atoms with Crippen molar-refractivity contribution in [2.45, 2.75) is 43.6 Å². The second-order valence-electron chi connectivity index (χ2n) is 5.02. The van der Waals surface area contributed by atoms with E-state index in [4.69, 9.17) is 0 Å². The van der Waals surface area contributed by atoms with Crippen LogP contribution in [0.25, 0.3) is 0 Å². The molecule has 3 atom stereocenters. The van der Waals surface area contributed by atoms with Crippen molar-refractivity contribution in [3.63, 3.8) is 0 Å². The molecule has 0 heterocycles. The van der Waals surface area contributed by atoms with Gasteiger partial charge in [-0.15, -0.1) is 0 Å². The molecular weight excluding hydrogens is 172 g/mol. The van der Waals surface area contributed by atoms with Crippen LogP contribution in [0.4, 0.5) is 0 Å². The largest absolute Gasteiger partial charge is 0.390 e. The fourth-order valence-corrected chi connectivity index (χ4v) is 3.38. The van der Waals surface area contributed by atoms with E-state index >= 15 is 0 Å². The Morgan fingerprint density at radius 2 is 1.93 bits per heavy atom. The van der Waals surface area contributed by atoms with Crippen LogP contribution in [-0.2, 0) is 0 Å². The molecule has 1 heteroatoms. The number of benzene rings is 1. The van der Waals surface area contributed by atoms with E-state index in [0.29, 0.717) is 11.8 Å². The first-order valence-electron chi connectivity index (χ1n) is 5.50. The van der Waals surface area contributed by atoms with Crippen molar-refractivity contribution in [3.05, 3.63) is 35.4 Å². The average molecular weight is 188 g/mol. The summed E-state index contributed by atoms with van der Waals surface area (Å²) < 4.78 is 0. The quantitative estimate of drug-likeness (QED) is 0.663. The Morgan fingerprint density at radius 1 is 1.21 bits per heavy atom. The lowest BCUT2D eigenvalue weighted by Gasteiger charge is -2.48. The zero-order chi connectivity index (χ0) is 9.76. The number of fused-ring (bicyclic) bond motifs is 2. The van der Waals surface area contributed by atoms with Gasteiger partial charge in [0.15, 0.2) is 0 Å². The molecular formula is C13H16O. The lowest BCUT2D eigenvalue weighted by atomic mass is 9.60. The average Bonchev–Trinajstić information content (AvgIpc) is 2.17. The van der Waals surface area contributed by atoms with Gasteiger partial charge in [0.1, 0.15) is 0 Å². The monoisotopic (exact) mass is 188 g/mol. The number of hydrogen-bond donors (Lipinski definition) is 1. The first-order valence-corrected chi connectivity index (χ1v) is 5.50. The van der Waals surface area contributed by atoms with Crippen molar-refractivity contribution in [3.8, 4) is 0 Å².